The second-order valence-corrected chi connectivity index (χ2v) is 5.85. The largest absolute Gasteiger partial charge is 0.493 e. The molecule has 0 saturated heterocycles. The van der Waals surface area contributed by atoms with Gasteiger partial charge in [0.25, 0.3) is 0 Å². The molecule has 0 amide bonds. The van der Waals surface area contributed by atoms with Gasteiger partial charge in [-0.3, -0.25) is 4.99 Å². The molecule has 1 atom stereocenters. The zero-order valence-corrected chi connectivity index (χ0v) is 15.0. The van der Waals surface area contributed by atoms with Crippen molar-refractivity contribution in [2.75, 3.05) is 28.4 Å². The van der Waals surface area contributed by atoms with Gasteiger partial charge in [-0.05, 0) is 47.4 Å². The minimum absolute atomic E-state index is 0.0432. The maximum absolute atomic E-state index is 5.45. The van der Waals surface area contributed by atoms with Crippen molar-refractivity contribution < 1.29 is 18.9 Å². The van der Waals surface area contributed by atoms with Crippen molar-refractivity contribution in [2.45, 2.75) is 18.9 Å². The molecule has 132 valence electrons. The zero-order chi connectivity index (χ0) is 17.8. The average Bonchev–Trinajstić information content (AvgIpc) is 2.66. The summed E-state index contributed by atoms with van der Waals surface area (Å²) >= 11 is 0. The summed E-state index contributed by atoms with van der Waals surface area (Å²) in [4.78, 5) is 4.70. The summed E-state index contributed by atoms with van der Waals surface area (Å²) in [5, 5.41) is 0. The van der Waals surface area contributed by atoms with Gasteiger partial charge in [0.05, 0.1) is 34.5 Å². The molecule has 1 heterocycles. The average molecular weight is 341 g/mol. The van der Waals surface area contributed by atoms with Crippen LogP contribution >= 0.6 is 0 Å². The van der Waals surface area contributed by atoms with Gasteiger partial charge in [0, 0.05) is 12.6 Å². The Hall–Kier alpha value is -2.69. The van der Waals surface area contributed by atoms with Crippen molar-refractivity contribution in [3.05, 3.63) is 47.0 Å². The van der Waals surface area contributed by atoms with Crippen molar-refractivity contribution in [1.29, 1.82) is 0 Å². The zero-order valence-electron chi connectivity index (χ0n) is 15.0. The quantitative estimate of drug-likeness (QED) is 0.805. The maximum Gasteiger partial charge on any atom is 0.161 e. The predicted molar refractivity (Wildman–Crippen MR) is 97.7 cm³/mol. The molecule has 0 fully saturated rings. The lowest BCUT2D eigenvalue weighted by Gasteiger charge is -2.23. The fourth-order valence-electron chi connectivity index (χ4n) is 3.18. The number of hydrogen-bond acceptors (Lipinski definition) is 5. The molecule has 2 aromatic rings. The van der Waals surface area contributed by atoms with Crippen LogP contribution in [-0.2, 0) is 12.8 Å². The van der Waals surface area contributed by atoms with Crippen LogP contribution in [0.2, 0.25) is 0 Å². The van der Waals surface area contributed by atoms with E-state index >= 15 is 0 Å². The third kappa shape index (κ3) is 3.40. The standard InChI is InChI=1S/C20H23NO4/c1-22-17-6-5-13(10-18(17)23-2)9-16-15-12-20(25-4)19(24-3)11-14(15)7-8-21-16/h5-6,8,10-12,16H,7,9H2,1-4H3. The van der Waals surface area contributed by atoms with Gasteiger partial charge in [0.1, 0.15) is 0 Å². The maximum atomic E-state index is 5.45. The number of fused-ring (bicyclic) bond motifs is 1. The SMILES string of the molecule is COc1ccc(CC2N=CCc3cc(OC)c(OC)cc32)cc1OC. The lowest BCUT2D eigenvalue weighted by Crippen LogP contribution is -2.11. The van der Waals surface area contributed by atoms with Crippen LogP contribution in [0.4, 0.5) is 0 Å². The normalized spacial score (nSPS) is 15.4. The van der Waals surface area contributed by atoms with Crippen LogP contribution in [0.5, 0.6) is 23.0 Å². The van der Waals surface area contributed by atoms with E-state index < -0.39 is 0 Å². The molecular formula is C20H23NO4. The van der Waals surface area contributed by atoms with Crippen molar-refractivity contribution in [3.8, 4) is 23.0 Å². The predicted octanol–water partition coefficient (Wildman–Crippen LogP) is 3.63. The van der Waals surface area contributed by atoms with Gasteiger partial charge in [-0.2, -0.15) is 0 Å². The number of methoxy groups -OCH3 is 4. The van der Waals surface area contributed by atoms with Crippen molar-refractivity contribution in [1.82, 2.24) is 0 Å². The Kier molecular flexibility index (Phi) is 5.12. The highest BCUT2D eigenvalue weighted by atomic mass is 16.5. The molecule has 1 aliphatic heterocycles. The first-order valence-electron chi connectivity index (χ1n) is 8.17. The van der Waals surface area contributed by atoms with Gasteiger partial charge in [-0.1, -0.05) is 6.07 Å². The Morgan fingerprint density at radius 2 is 1.48 bits per heavy atom. The van der Waals surface area contributed by atoms with Crippen LogP contribution in [-0.4, -0.2) is 34.7 Å². The highest BCUT2D eigenvalue weighted by Gasteiger charge is 2.21. The van der Waals surface area contributed by atoms with Crippen LogP contribution in [0, 0.1) is 0 Å². The number of benzene rings is 2. The van der Waals surface area contributed by atoms with Crippen molar-refractivity contribution >= 4 is 6.21 Å². The molecule has 0 spiro atoms. The van der Waals surface area contributed by atoms with E-state index in [1.807, 2.05) is 36.5 Å². The summed E-state index contributed by atoms with van der Waals surface area (Å²) in [6.07, 6.45) is 3.55. The van der Waals surface area contributed by atoms with E-state index in [0.717, 1.165) is 41.4 Å². The summed E-state index contributed by atoms with van der Waals surface area (Å²) in [6, 6.07) is 10.1. The fourth-order valence-corrected chi connectivity index (χ4v) is 3.18. The lowest BCUT2D eigenvalue weighted by molar-refractivity contribution is 0.353. The number of aliphatic imine (C=N–C) groups is 1. The molecular weight excluding hydrogens is 318 g/mol. The summed E-state index contributed by atoms with van der Waals surface area (Å²) in [7, 11) is 6.59. The summed E-state index contributed by atoms with van der Waals surface area (Å²) < 4.78 is 21.6. The van der Waals surface area contributed by atoms with E-state index in [9.17, 15) is 0 Å². The van der Waals surface area contributed by atoms with Crippen LogP contribution in [0.15, 0.2) is 35.3 Å². The van der Waals surface area contributed by atoms with Gasteiger partial charge in [0.15, 0.2) is 23.0 Å². The Balaban J connectivity index is 1.92. The Morgan fingerprint density at radius 1 is 0.840 bits per heavy atom. The van der Waals surface area contributed by atoms with Gasteiger partial charge >= 0.3 is 0 Å². The number of hydrogen-bond donors (Lipinski definition) is 0. The van der Waals surface area contributed by atoms with E-state index in [1.54, 1.807) is 28.4 Å². The molecule has 1 aliphatic rings. The number of ether oxygens (including phenoxy) is 4. The number of rotatable bonds is 6. The second kappa shape index (κ2) is 7.47. The van der Waals surface area contributed by atoms with E-state index in [0.29, 0.717) is 0 Å². The molecule has 0 aliphatic carbocycles. The molecule has 5 heteroatoms. The summed E-state index contributed by atoms with van der Waals surface area (Å²) in [5.41, 5.74) is 3.54. The minimum Gasteiger partial charge on any atom is -0.493 e. The minimum atomic E-state index is 0.0432. The van der Waals surface area contributed by atoms with Gasteiger partial charge < -0.3 is 18.9 Å². The van der Waals surface area contributed by atoms with Crippen molar-refractivity contribution in [2.24, 2.45) is 4.99 Å². The van der Waals surface area contributed by atoms with E-state index in [4.69, 9.17) is 23.9 Å². The van der Waals surface area contributed by atoms with Crippen LogP contribution in [0.1, 0.15) is 22.7 Å². The van der Waals surface area contributed by atoms with E-state index in [-0.39, 0.29) is 6.04 Å². The fraction of sp³-hybridized carbons (Fsp3) is 0.350. The highest BCUT2D eigenvalue weighted by Crippen LogP contribution is 2.38. The summed E-state index contributed by atoms with van der Waals surface area (Å²) in [5.74, 6) is 2.94. The van der Waals surface area contributed by atoms with Gasteiger partial charge in [-0.25, -0.2) is 0 Å². The molecule has 3 rings (SSSR count). The first kappa shape index (κ1) is 17.1. The lowest BCUT2D eigenvalue weighted by atomic mass is 9.91. The molecule has 0 aromatic heterocycles. The van der Waals surface area contributed by atoms with Gasteiger partial charge in [-0.15, -0.1) is 0 Å². The molecule has 0 saturated carbocycles. The molecule has 5 nitrogen and oxygen atoms in total. The van der Waals surface area contributed by atoms with Crippen LogP contribution in [0.25, 0.3) is 0 Å². The third-order valence-electron chi connectivity index (χ3n) is 4.48. The van der Waals surface area contributed by atoms with Gasteiger partial charge in [0.2, 0.25) is 0 Å². The van der Waals surface area contributed by atoms with Crippen LogP contribution < -0.4 is 18.9 Å². The van der Waals surface area contributed by atoms with E-state index in [1.165, 1.54) is 11.1 Å². The Labute approximate surface area is 148 Å². The molecule has 1 unspecified atom stereocenters. The van der Waals surface area contributed by atoms with Crippen molar-refractivity contribution in [3.63, 3.8) is 0 Å². The Bertz CT molecular complexity index is 786. The molecule has 0 N–H and O–H groups in total. The van der Waals surface area contributed by atoms with E-state index in [2.05, 4.69) is 0 Å². The highest BCUT2D eigenvalue weighted by molar-refractivity contribution is 5.67. The number of nitrogens with zero attached hydrogens (tertiary/aromatic N) is 1. The first-order valence-corrected chi connectivity index (χ1v) is 8.17. The molecule has 0 radical (unpaired) electrons. The van der Waals surface area contributed by atoms with Crippen LogP contribution in [0.3, 0.4) is 0 Å². The Morgan fingerprint density at radius 3 is 2.16 bits per heavy atom. The second-order valence-electron chi connectivity index (χ2n) is 5.85. The molecule has 25 heavy (non-hydrogen) atoms. The smallest absolute Gasteiger partial charge is 0.161 e. The molecule has 0 bridgehead atoms. The monoisotopic (exact) mass is 341 g/mol. The first-order chi connectivity index (χ1) is 12.2. The molecule has 2 aromatic carbocycles. The third-order valence-corrected chi connectivity index (χ3v) is 4.48. The topological polar surface area (TPSA) is 49.3 Å². The summed E-state index contributed by atoms with van der Waals surface area (Å²) in [6.45, 7) is 0.